The lowest BCUT2D eigenvalue weighted by atomic mass is 10.2. The van der Waals surface area contributed by atoms with Crippen molar-refractivity contribution < 1.29 is 27.5 Å². The minimum Gasteiger partial charge on any atom is -0.461 e. The largest absolute Gasteiger partial charge is 0.461 e. The number of amides is 3. The standard InChI is InChI=1S/C16H21N3O6S/c1-18(2)26(23,24)13-6-3-5-12(9-13)11-25-15(21)7-4-8-19-14(20)10-17-16(19)22/h3,5-6,9H,4,7-8,10-11H2,1-2H3,(H,17,22). The third-order valence-corrected chi connectivity index (χ3v) is 5.59. The first-order valence-corrected chi connectivity index (χ1v) is 9.41. The van der Waals surface area contributed by atoms with Crippen LogP contribution < -0.4 is 5.32 Å². The van der Waals surface area contributed by atoms with Gasteiger partial charge in [-0.2, -0.15) is 0 Å². The third kappa shape index (κ3) is 4.79. The summed E-state index contributed by atoms with van der Waals surface area (Å²) >= 11 is 0. The van der Waals surface area contributed by atoms with Crippen LogP contribution >= 0.6 is 0 Å². The molecule has 0 radical (unpaired) electrons. The zero-order chi connectivity index (χ0) is 19.3. The first-order valence-electron chi connectivity index (χ1n) is 7.97. The summed E-state index contributed by atoms with van der Waals surface area (Å²) in [5.41, 5.74) is 0.551. The fraction of sp³-hybridized carbons (Fsp3) is 0.438. The number of nitrogens with one attached hydrogen (secondary N) is 1. The monoisotopic (exact) mass is 383 g/mol. The minimum atomic E-state index is -3.55. The van der Waals surface area contributed by atoms with Crippen LogP contribution in [0.2, 0.25) is 0 Å². The summed E-state index contributed by atoms with van der Waals surface area (Å²) in [5, 5.41) is 2.40. The number of sulfonamides is 1. The second-order valence-electron chi connectivity index (χ2n) is 5.90. The molecule has 10 heteroatoms. The van der Waals surface area contributed by atoms with E-state index in [4.69, 9.17) is 4.74 Å². The predicted octanol–water partition coefficient (Wildman–Crippen LogP) is 0.312. The van der Waals surface area contributed by atoms with E-state index in [-0.39, 0.29) is 36.9 Å². The van der Waals surface area contributed by atoms with Crippen LogP contribution in [0.15, 0.2) is 29.2 Å². The molecule has 1 saturated heterocycles. The highest BCUT2D eigenvalue weighted by molar-refractivity contribution is 7.89. The smallest absolute Gasteiger partial charge is 0.324 e. The van der Waals surface area contributed by atoms with E-state index in [1.54, 1.807) is 12.1 Å². The van der Waals surface area contributed by atoms with Crippen molar-refractivity contribution in [2.75, 3.05) is 27.2 Å². The van der Waals surface area contributed by atoms with Crippen molar-refractivity contribution >= 4 is 27.9 Å². The average molecular weight is 383 g/mol. The summed E-state index contributed by atoms with van der Waals surface area (Å²) in [6.45, 7) is 0.0740. The Morgan fingerprint density at radius 1 is 1.31 bits per heavy atom. The Bertz CT molecular complexity index is 790. The molecule has 0 unspecified atom stereocenters. The van der Waals surface area contributed by atoms with Gasteiger partial charge in [0.05, 0.1) is 11.4 Å². The van der Waals surface area contributed by atoms with E-state index >= 15 is 0 Å². The van der Waals surface area contributed by atoms with Crippen LogP contribution in [-0.4, -0.2) is 62.7 Å². The van der Waals surface area contributed by atoms with E-state index in [0.29, 0.717) is 12.0 Å². The summed E-state index contributed by atoms with van der Waals surface area (Å²) in [4.78, 5) is 35.7. The number of hydrogen-bond acceptors (Lipinski definition) is 6. The number of carbonyl (C=O) groups excluding carboxylic acids is 3. The van der Waals surface area contributed by atoms with Gasteiger partial charge in [0.25, 0.3) is 0 Å². The number of benzene rings is 1. The highest BCUT2D eigenvalue weighted by Gasteiger charge is 2.27. The van der Waals surface area contributed by atoms with E-state index in [1.165, 1.54) is 26.2 Å². The number of hydrogen-bond donors (Lipinski definition) is 1. The molecule has 1 fully saturated rings. The Hall–Kier alpha value is -2.46. The highest BCUT2D eigenvalue weighted by atomic mass is 32.2. The summed E-state index contributed by atoms with van der Waals surface area (Å²) < 4.78 is 30.4. The van der Waals surface area contributed by atoms with Crippen LogP contribution in [0.25, 0.3) is 0 Å². The maximum absolute atomic E-state index is 12.1. The van der Waals surface area contributed by atoms with Gasteiger partial charge in [-0.1, -0.05) is 12.1 Å². The normalized spacial score (nSPS) is 14.7. The number of ether oxygens (including phenoxy) is 1. The van der Waals surface area contributed by atoms with Crippen molar-refractivity contribution in [3.8, 4) is 0 Å². The van der Waals surface area contributed by atoms with Crippen LogP contribution in [0.5, 0.6) is 0 Å². The van der Waals surface area contributed by atoms with Crippen LogP contribution in [-0.2, 0) is 31.0 Å². The molecule has 0 atom stereocenters. The SMILES string of the molecule is CN(C)S(=O)(=O)c1cccc(COC(=O)CCCN2C(=O)CNC2=O)c1. The molecule has 1 heterocycles. The first-order chi connectivity index (χ1) is 12.2. The van der Waals surface area contributed by atoms with E-state index in [0.717, 1.165) is 9.21 Å². The van der Waals surface area contributed by atoms with Crippen molar-refractivity contribution in [2.24, 2.45) is 0 Å². The van der Waals surface area contributed by atoms with Gasteiger partial charge < -0.3 is 10.1 Å². The number of rotatable bonds is 8. The van der Waals surface area contributed by atoms with E-state index < -0.39 is 22.0 Å². The summed E-state index contributed by atoms with van der Waals surface area (Å²) in [6.07, 6.45) is 0.347. The van der Waals surface area contributed by atoms with Crippen molar-refractivity contribution in [3.63, 3.8) is 0 Å². The quantitative estimate of drug-likeness (QED) is 0.511. The fourth-order valence-electron chi connectivity index (χ4n) is 2.31. The van der Waals surface area contributed by atoms with Gasteiger partial charge >= 0.3 is 12.0 Å². The molecular weight excluding hydrogens is 362 g/mol. The summed E-state index contributed by atoms with van der Waals surface area (Å²) in [6, 6.07) is 5.71. The number of imide groups is 1. The van der Waals surface area contributed by atoms with Gasteiger partial charge in [-0.05, 0) is 24.1 Å². The highest BCUT2D eigenvalue weighted by Crippen LogP contribution is 2.15. The van der Waals surface area contributed by atoms with E-state index in [9.17, 15) is 22.8 Å². The molecule has 142 valence electrons. The Labute approximate surface area is 152 Å². The Balaban J connectivity index is 1.82. The molecule has 0 bridgehead atoms. The molecule has 3 amide bonds. The molecule has 9 nitrogen and oxygen atoms in total. The second-order valence-corrected chi connectivity index (χ2v) is 8.05. The third-order valence-electron chi connectivity index (χ3n) is 3.78. The first kappa shape index (κ1) is 19.9. The molecule has 0 spiro atoms. The number of nitrogens with zero attached hydrogens (tertiary/aromatic N) is 2. The van der Waals surface area contributed by atoms with E-state index in [1.807, 2.05) is 0 Å². The molecule has 1 aliphatic rings. The maximum Gasteiger partial charge on any atom is 0.324 e. The van der Waals surface area contributed by atoms with Crippen molar-refractivity contribution in [1.29, 1.82) is 0 Å². The molecule has 1 N–H and O–H groups in total. The van der Waals surface area contributed by atoms with Crippen LogP contribution in [0.4, 0.5) is 4.79 Å². The zero-order valence-corrected chi connectivity index (χ0v) is 15.4. The molecule has 26 heavy (non-hydrogen) atoms. The second kappa shape index (κ2) is 8.28. The predicted molar refractivity (Wildman–Crippen MR) is 91.5 cm³/mol. The van der Waals surface area contributed by atoms with Gasteiger partial charge in [-0.15, -0.1) is 0 Å². The molecule has 0 saturated carbocycles. The Morgan fingerprint density at radius 2 is 2.04 bits per heavy atom. The summed E-state index contributed by atoms with van der Waals surface area (Å²) in [5.74, 6) is -0.805. The lowest BCUT2D eigenvalue weighted by molar-refractivity contribution is -0.145. The average Bonchev–Trinajstić information content (AvgIpc) is 2.92. The molecule has 0 aliphatic carbocycles. The van der Waals surface area contributed by atoms with Crippen molar-refractivity contribution in [2.45, 2.75) is 24.3 Å². The maximum atomic E-state index is 12.1. The van der Waals surface area contributed by atoms with E-state index in [2.05, 4.69) is 5.32 Å². The number of esters is 1. The lowest BCUT2D eigenvalue weighted by Gasteiger charge is -2.13. The fourth-order valence-corrected chi connectivity index (χ4v) is 3.28. The molecule has 1 aromatic carbocycles. The van der Waals surface area contributed by atoms with Gasteiger partial charge in [0, 0.05) is 27.1 Å². The number of carbonyl (C=O) groups is 3. The lowest BCUT2D eigenvalue weighted by Crippen LogP contribution is -2.32. The number of urea groups is 1. The van der Waals surface area contributed by atoms with Crippen molar-refractivity contribution in [1.82, 2.24) is 14.5 Å². The topological polar surface area (TPSA) is 113 Å². The Kier molecular flexibility index (Phi) is 6.32. The molecule has 0 aromatic heterocycles. The molecule has 1 aliphatic heterocycles. The zero-order valence-electron chi connectivity index (χ0n) is 14.6. The molecular formula is C16H21N3O6S. The van der Waals surface area contributed by atoms with Crippen LogP contribution in [0.3, 0.4) is 0 Å². The minimum absolute atomic E-state index is 0.0184. The summed E-state index contributed by atoms with van der Waals surface area (Å²) in [7, 11) is -0.679. The molecule has 2 rings (SSSR count). The van der Waals surface area contributed by atoms with Gasteiger partial charge in [-0.3, -0.25) is 14.5 Å². The van der Waals surface area contributed by atoms with Gasteiger partial charge in [0.2, 0.25) is 15.9 Å². The van der Waals surface area contributed by atoms with Crippen LogP contribution in [0, 0.1) is 0 Å². The van der Waals surface area contributed by atoms with Crippen molar-refractivity contribution in [3.05, 3.63) is 29.8 Å². The van der Waals surface area contributed by atoms with Gasteiger partial charge in [0.1, 0.15) is 6.61 Å². The van der Waals surface area contributed by atoms with Crippen LogP contribution in [0.1, 0.15) is 18.4 Å². The Morgan fingerprint density at radius 3 is 2.65 bits per heavy atom. The van der Waals surface area contributed by atoms with Gasteiger partial charge in [0.15, 0.2) is 0 Å². The molecule has 1 aromatic rings. The van der Waals surface area contributed by atoms with Gasteiger partial charge in [-0.25, -0.2) is 17.5 Å².